The first-order valence-corrected chi connectivity index (χ1v) is 6.88. The van der Waals surface area contributed by atoms with Gasteiger partial charge in [-0.3, -0.25) is 0 Å². The van der Waals surface area contributed by atoms with E-state index in [0.717, 1.165) is 47.4 Å². The first-order valence-electron chi connectivity index (χ1n) is 6.88. The van der Waals surface area contributed by atoms with E-state index in [0.29, 0.717) is 6.61 Å². The number of rotatable bonds is 3. The third-order valence-corrected chi connectivity index (χ3v) is 3.64. The normalized spacial score (nSPS) is 15.9. The second-order valence-electron chi connectivity index (χ2n) is 4.96. The van der Waals surface area contributed by atoms with Crippen LogP contribution >= 0.6 is 0 Å². The number of ether oxygens (including phenoxy) is 1. The summed E-state index contributed by atoms with van der Waals surface area (Å²) < 4.78 is 5.95. The topological polar surface area (TPSA) is 41.8 Å². The lowest BCUT2D eigenvalue weighted by molar-refractivity contribution is 0.301. The van der Waals surface area contributed by atoms with E-state index in [-0.39, 0.29) is 0 Å². The lowest BCUT2D eigenvalue weighted by atomic mass is 9.89. The summed E-state index contributed by atoms with van der Waals surface area (Å²) in [5.41, 5.74) is 4.08. The first-order chi connectivity index (χ1) is 9.88. The van der Waals surface area contributed by atoms with Crippen molar-refractivity contribution >= 4 is 5.71 Å². The molecule has 0 unspecified atom stereocenters. The molecule has 0 saturated carbocycles. The quantitative estimate of drug-likeness (QED) is 0.679. The average Bonchev–Trinajstić information content (AvgIpc) is 2.53. The molecule has 3 nitrogen and oxygen atoms in total. The molecule has 1 N–H and O–H groups in total. The van der Waals surface area contributed by atoms with Crippen LogP contribution in [0.5, 0.6) is 5.75 Å². The highest BCUT2D eigenvalue weighted by Gasteiger charge is 2.19. The minimum absolute atomic E-state index is 0.558. The van der Waals surface area contributed by atoms with Crippen LogP contribution in [0, 0.1) is 0 Å². The molecule has 1 aliphatic rings. The van der Waals surface area contributed by atoms with Crippen LogP contribution in [0.4, 0.5) is 0 Å². The van der Waals surface area contributed by atoms with Crippen molar-refractivity contribution in [2.24, 2.45) is 5.16 Å². The Morgan fingerprint density at radius 1 is 1.00 bits per heavy atom. The molecule has 0 aliphatic heterocycles. The van der Waals surface area contributed by atoms with Crippen LogP contribution in [0.15, 0.2) is 53.7 Å². The fourth-order valence-electron chi connectivity index (χ4n) is 2.64. The van der Waals surface area contributed by atoms with Crippen LogP contribution < -0.4 is 4.74 Å². The highest BCUT2D eigenvalue weighted by Crippen LogP contribution is 2.30. The maximum atomic E-state index is 9.08. The van der Waals surface area contributed by atoms with E-state index >= 15 is 0 Å². The van der Waals surface area contributed by atoms with Gasteiger partial charge in [0.15, 0.2) is 0 Å². The molecule has 20 heavy (non-hydrogen) atoms. The van der Waals surface area contributed by atoms with E-state index in [9.17, 15) is 0 Å². The van der Waals surface area contributed by atoms with E-state index in [2.05, 4.69) is 17.3 Å². The van der Waals surface area contributed by atoms with Gasteiger partial charge in [-0.1, -0.05) is 47.6 Å². The smallest absolute Gasteiger partial charge is 0.123 e. The number of benzene rings is 2. The highest BCUT2D eigenvalue weighted by atomic mass is 16.5. The summed E-state index contributed by atoms with van der Waals surface area (Å²) in [6, 6.07) is 16.1. The Labute approximate surface area is 118 Å². The Kier molecular flexibility index (Phi) is 3.68. The first kappa shape index (κ1) is 12.7. The van der Waals surface area contributed by atoms with E-state index in [1.54, 1.807) is 0 Å². The Bertz CT molecular complexity index is 620. The number of fused-ring (bicyclic) bond motifs is 1. The number of nitrogens with zero attached hydrogens (tertiary/aromatic N) is 1. The van der Waals surface area contributed by atoms with E-state index in [1.165, 1.54) is 0 Å². The summed E-state index contributed by atoms with van der Waals surface area (Å²) in [5.74, 6) is 0.896. The molecule has 0 bridgehead atoms. The minimum atomic E-state index is 0.558. The van der Waals surface area contributed by atoms with Crippen molar-refractivity contribution in [3.05, 3.63) is 65.2 Å². The van der Waals surface area contributed by atoms with Crippen LogP contribution in [0.25, 0.3) is 0 Å². The van der Waals surface area contributed by atoms with Crippen molar-refractivity contribution in [2.75, 3.05) is 0 Å². The molecule has 0 radical (unpaired) electrons. The van der Waals surface area contributed by atoms with Crippen LogP contribution in [-0.4, -0.2) is 10.9 Å². The van der Waals surface area contributed by atoms with Crippen molar-refractivity contribution in [3.63, 3.8) is 0 Å². The number of hydrogen-bond donors (Lipinski definition) is 1. The SMILES string of the molecule is ON=C1CCCc2c(OCc3ccccc3)cccc21. The predicted molar refractivity (Wildman–Crippen MR) is 78.5 cm³/mol. The Balaban J connectivity index is 1.84. The van der Waals surface area contributed by atoms with E-state index in [4.69, 9.17) is 9.94 Å². The fourth-order valence-corrected chi connectivity index (χ4v) is 2.64. The molecule has 2 aromatic carbocycles. The van der Waals surface area contributed by atoms with Gasteiger partial charge in [0.2, 0.25) is 0 Å². The van der Waals surface area contributed by atoms with Gasteiger partial charge in [0.05, 0.1) is 5.71 Å². The summed E-state index contributed by atoms with van der Waals surface area (Å²) in [7, 11) is 0. The summed E-state index contributed by atoms with van der Waals surface area (Å²) in [6.45, 7) is 0.558. The second kappa shape index (κ2) is 5.78. The van der Waals surface area contributed by atoms with Gasteiger partial charge in [0.25, 0.3) is 0 Å². The van der Waals surface area contributed by atoms with Gasteiger partial charge >= 0.3 is 0 Å². The zero-order valence-electron chi connectivity index (χ0n) is 11.2. The zero-order chi connectivity index (χ0) is 13.8. The summed E-state index contributed by atoms with van der Waals surface area (Å²) in [6.07, 6.45) is 2.79. The van der Waals surface area contributed by atoms with Crippen molar-refractivity contribution in [2.45, 2.75) is 25.9 Å². The standard InChI is InChI=1S/C17H17NO2/c19-18-16-10-4-9-15-14(16)8-5-11-17(15)20-12-13-6-2-1-3-7-13/h1-3,5-8,11,19H,4,9-10,12H2. The summed E-state index contributed by atoms with van der Waals surface area (Å²) in [4.78, 5) is 0. The molecule has 0 aromatic heterocycles. The lowest BCUT2D eigenvalue weighted by Crippen LogP contribution is -2.13. The average molecular weight is 267 g/mol. The fraction of sp³-hybridized carbons (Fsp3) is 0.235. The molecule has 1 aliphatic carbocycles. The van der Waals surface area contributed by atoms with Crippen molar-refractivity contribution in [1.82, 2.24) is 0 Å². The highest BCUT2D eigenvalue weighted by molar-refractivity contribution is 6.02. The summed E-state index contributed by atoms with van der Waals surface area (Å²) in [5, 5.41) is 12.5. The van der Waals surface area contributed by atoms with Gasteiger partial charge in [0.1, 0.15) is 12.4 Å². The monoisotopic (exact) mass is 267 g/mol. The lowest BCUT2D eigenvalue weighted by Gasteiger charge is -2.20. The van der Waals surface area contributed by atoms with Crippen LogP contribution in [-0.2, 0) is 13.0 Å². The number of oxime groups is 1. The molecular formula is C17H17NO2. The predicted octanol–water partition coefficient (Wildman–Crippen LogP) is 3.78. The Hall–Kier alpha value is -2.29. The zero-order valence-corrected chi connectivity index (χ0v) is 11.2. The number of hydrogen-bond acceptors (Lipinski definition) is 3. The molecule has 0 heterocycles. The molecule has 0 spiro atoms. The van der Waals surface area contributed by atoms with E-state index in [1.807, 2.05) is 36.4 Å². The van der Waals surface area contributed by atoms with Gasteiger partial charge in [-0.05, 0) is 30.9 Å². The van der Waals surface area contributed by atoms with Gasteiger partial charge in [-0.15, -0.1) is 0 Å². The van der Waals surface area contributed by atoms with Crippen LogP contribution in [0.3, 0.4) is 0 Å². The second-order valence-corrected chi connectivity index (χ2v) is 4.96. The van der Waals surface area contributed by atoms with Crippen LogP contribution in [0.1, 0.15) is 29.5 Å². The molecule has 0 fully saturated rings. The van der Waals surface area contributed by atoms with Gasteiger partial charge in [0, 0.05) is 11.1 Å². The Morgan fingerprint density at radius 3 is 2.65 bits per heavy atom. The summed E-state index contributed by atoms with van der Waals surface area (Å²) >= 11 is 0. The molecular weight excluding hydrogens is 250 g/mol. The third-order valence-electron chi connectivity index (χ3n) is 3.64. The molecule has 3 rings (SSSR count). The maximum absolute atomic E-state index is 9.08. The molecule has 0 saturated heterocycles. The van der Waals surface area contributed by atoms with Crippen molar-refractivity contribution in [1.29, 1.82) is 0 Å². The van der Waals surface area contributed by atoms with Gasteiger partial charge < -0.3 is 9.94 Å². The van der Waals surface area contributed by atoms with Crippen molar-refractivity contribution < 1.29 is 9.94 Å². The largest absolute Gasteiger partial charge is 0.489 e. The molecule has 0 amide bonds. The molecule has 3 heteroatoms. The molecule has 102 valence electrons. The molecule has 2 aromatic rings. The third kappa shape index (κ3) is 2.52. The molecule has 0 atom stereocenters. The van der Waals surface area contributed by atoms with Gasteiger partial charge in [-0.25, -0.2) is 0 Å². The van der Waals surface area contributed by atoms with Crippen molar-refractivity contribution in [3.8, 4) is 5.75 Å². The Morgan fingerprint density at radius 2 is 1.85 bits per heavy atom. The van der Waals surface area contributed by atoms with Gasteiger partial charge in [-0.2, -0.15) is 0 Å². The maximum Gasteiger partial charge on any atom is 0.123 e. The minimum Gasteiger partial charge on any atom is -0.489 e. The van der Waals surface area contributed by atoms with E-state index < -0.39 is 0 Å². The van der Waals surface area contributed by atoms with Crippen LogP contribution in [0.2, 0.25) is 0 Å².